The fraction of sp³-hybridized carbons (Fsp3) is 0.611. The van der Waals surface area contributed by atoms with Gasteiger partial charge in [0.2, 0.25) is 5.91 Å². The molecule has 4 nitrogen and oxygen atoms in total. The summed E-state index contributed by atoms with van der Waals surface area (Å²) in [7, 11) is 0. The minimum absolute atomic E-state index is 0.137. The lowest BCUT2D eigenvalue weighted by atomic mass is 9.86. The monoisotopic (exact) mass is 320 g/mol. The maximum atomic E-state index is 13.0. The second kappa shape index (κ2) is 7.41. The van der Waals surface area contributed by atoms with Crippen LogP contribution < -0.4 is 5.32 Å². The zero-order chi connectivity index (χ0) is 16.2. The fourth-order valence-corrected chi connectivity index (χ4v) is 3.69. The van der Waals surface area contributed by atoms with Crippen molar-refractivity contribution in [3.63, 3.8) is 0 Å². The van der Waals surface area contributed by atoms with E-state index in [0.717, 1.165) is 44.3 Å². The smallest absolute Gasteiger partial charge is 0.225 e. The molecule has 2 aliphatic heterocycles. The van der Waals surface area contributed by atoms with Crippen LogP contribution in [0.4, 0.5) is 4.39 Å². The molecule has 0 radical (unpaired) electrons. The number of aliphatic hydroxyl groups excluding tert-OH is 1. The molecule has 0 aliphatic carbocycles. The molecule has 0 aromatic heterocycles. The molecule has 0 bridgehead atoms. The first-order valence-electron chi connectivity index (χ1n) is 8.58. The average Bonchev–Trinajstić information content (AvgIpc) is 2.62. The molecule has 5 heteroatoms. The van der Waals surface area contributed by atoms with Crippen LogP contribution in [0.1, 0.15) is 37.4 Å². The Morgan fingerprint density at radius 1 is 1.13 bits per heavy atom. The van der Waals surface area contributed by atoms with Crippen LogP contribution in [0.2, 0.25) is 0 Å². The molecule has 126 valence electrons. The van der Waals surface area contributed by atoms with Gasteiger partial charge in [0, 0.05) is 19.0 Å². The minimum atomic E-state index is -0.577. The van der Waals surface area contributed by atoms with E-state index in [-0.39, 0.29) is 23.6 Å². The number of hydrogen-bond acceptors (Lipinski definition) is 3. The first kappa shape index (κ1) is 16.4. The number of benzene rings is 1. The molecule has 0 spiro atoms. The maximum Gasteiger partial charge on any atom is 0.225 e. The Balaban J connectivity index is 1.53. The minimum Gasteiger partial charge on any atom is -0.388 e. The van der Waals surface area contributed by atoms with Crippen LogP contribution in [0.25, 0.3) is 0 Å². The summed E-state index contributed by atoms with van der Waals surface area (Å²) < 4.78 is 13.0. The standard InChI is InChI=1S/C18H25FN2O2/c19-16-3-1-13(2-4-16)17(22)14-7-11-21(12-8-14)18(23)15-5-9-20-10-6-15/h1-4,14-15,17,20,22H,5-12H2. The van der Waals surface area contributed by atoms with Crippen LogP contribution in [-0.4, -0.2) is 42.1 Å². The van der Waals surface area contributed by atoms with Crippen molar-refractivity contribution in [1.82, 2.24) is 10.2 Å². The fourth-order valence-electron chi connectivity index (χ4n) is 3.69. The van der Waals surface area contributed by atoms with Gasteiger partial charge in [-0.15, -0.1) is 0 Å². The topological polar surface area (TPSA) is 52.6 Å². The van der Waals surface area contributed by atoms with E-state index < -0.39 is 6.10 Å². The van der Waals surface area contributed by atoms with Crippen LogP contribution >= 0.6 is 0 Å². The molecule has 2 heterocycles. The lowest BCUT2D eigenvalue weighted by molar-refractivity contribution is -0.138. The van der Waals surface area contributed by atoms with Gasteiger partial charge in [-0.1, -0.05) is 12.1 Å². The number of halogens is 1. The number of carbonyl (C=O) groups excluding carboxylic acids is 1. The molecule has 2 fully saturated rings. The quantitative estimate of drug-likeness (QED) is 0.897. The molecule has 1 aromatic carbocycles. The molecule has 1 aromatic rings. The van der Waals surface area contributed by atoms with Gasteiger partial charge in [0.1, 0.15) is 5.82 Å². The Morgan fingerprint density at radius 3 is 2.35 bits per heavy atom. The third-order valence-corrected chi connectivity index (χ3v) is 5.20. The van der Waals surface area contributed by atoms with Crippen molar-refractivity contribution in [2.24, 2.45) is 11.8 Å². The van der Waals surface area contributed by atoms with Crippen LogP contribution in [0, 0.1) is 17.7 Å². The summed E-state index contributed by atoms with van der Waals surface area (Å²) in [6.45, 7) is 3.28. The molecule has 2 N–H and O–H groups in total. The molecule has 1 amide bonds. The molecule has 23 heavy (non-hydrogen) atoms. The van der Waals surface area contributed by atoms with Gasteiger partial charge in [0.25, 0.3) is 0 Å². The van der Waals surface area contributed by atoms with E-state index in [1.165, 1.54) is 12.1 Å². The third kappa shape index (κ3) is 3.90. The second-order valence-electron chi connectivity index (χ2n) is 6.68. The van der Waals surface area contributed by atoms with E-state index in [1.807, 2.05) is 4.90 Å². The van der Waals surface area contributed by atoms with Gasteiger partial charge in [0.05, 0.1) is 6.10 Å². The van der Waals surface area contributed by atoms with Crippen molar-refractivity contribution in [3.05, 3.63) is 35.6 Å². The molecule has 2 aliphatic rings. The van der Waals surface area contributed by atoms with Crippen LogP contribution in [0.15, 0.2) is 24.3 Å². The Kier molecular flexibility index (Phi) is 5.28. The number of rotatable bonds is 3. The first-order valence-corrected chi connectivity index (χ1v) is 8.58. The van der Waals surface area contributed by atoms with Crippen molar-refractivity contribution in [3.8, 4) is 0 Å². The highest BCUT2D eigenvalue weighted by Crippen LogP contribution is 2.31. The Labute approximate surface area is 136 Å². The highest BCUT2D eigenvalue weighted by Gasteiger charge is 2.31. The van der Waals surface area contributed by atoms with Gasteiger partial charge in [-0.25, -0.2) is 4.39 Å². The number of nitrogens with one attached hydrogen (secondary N) is 1. The molecule has 1 unspecified atom stereocenters. The van der Waals surface area contributed by atoms with E-state index in [4.69, 9.17) is 0 Å². The molecule has 0 saturated carbocycles. The van der Waals surface area contributed by atoms with Crippen molar-refractivity contribution in [2.45, 2.75) is 31.8 Å². The summed E-state index contributed by atoms with van der Waals surface area (Å²) in [5.41, 5.74) is 0.759. The number of nitrogens with zero attached hydrogens (tertiary/aromatic N) is 1. The predicted molar refractivity (Wildman–Crippen MR) is 86.3 cm³/mol. The van der Waals surface area contributed by atoms with Crippen molar-refractivity contribution < 1.29 is 14.3 Å². The van der Waals surface area contributed by atoms with Gasteiger partial charge >= 0.3 is 0 Å². The Bertz CT molecular complexity index is 520. The number of piperidine rings is 2. The molecule has 1 atom stereocenters. The highest BCUT2D eigenvalue weighted by atomic mass is 19.1. The van der Waals surface area contributed by atoms with E-state index in [0.29, 0.717) is 13.1 Å². The normalized spacial score (nSPS) is 22.1. The maximum absolute atomic E-state index is 13.0. The SMILES string of the molecule is O=C(C1CCNCC1)N1CCC(C(O)c2ccc(F)cc2)CC1. The van der Waals surface area contributed by atoms with Crippen molar-refractivity contribution in [2.75, 3.05) is 26.2 Å². The average molecular weight is 320 g/mol. The summed E-state index contributed by atoms with van der Waals surface area (Å²) in [4.78, 5) is 14.5. The van der Waals surface area contributed by atoms with E-state index >= 15 is 0 Å². The summed E-state index contributed by atoms with van der Waals surface area (Å²) in [5, 5.41) is 13.8. The summed E-state index contributed by atoms with van der Waals surface area (Å²) in [5.74, 6) is 0.289. The number of hydrogen-bond donors (Lipinski definition) is 2. The van der Waals surface area contributed by atoms with Crippen molar-refractivity contribution >= 4 is 5.91 Å². The number of carbonyl (C=O) groups is 1. The lowest BCUT2D eigenvalue weighted by Crippen LogP contribution is -2.45. The lowest BCUT2D eigenvalue weighted by Gasteiger charge is -2.37. The number of aliphatic hydroxyl groups is 1. The van der Waals surface area contributed by atoms with E-state index in [2.05, 4.69) is 5.32 Å². The second-order valence-corrected chi connectivity index (χ2v) is 6.68. The zero-order valence-corrected chi connectivity index (χ0v) is 13.4. The number of amides is 1. The molecular formula is C18H25FN2O2. The van der Waals surface area contributed by atoms with Crippen LogP contribution in [-0.2, 0) is 4.79 Å². The highest BCUT2D eigenvalue weighted by molar-refractivity contribution is 5.79. The van der Waals surface area contributed by atoms with Gasteiger partial charge < -0.3 is 15.3 Å². The Hall–Kier alpha value is -1.46. The van der Waals surface area contributed by atoms with Gasteiger partial charge in [-0.05, 0) is 62.4 Å². The van der Waals surface area contributed by atoms with Gasteiger partial charge in [-0.3, -0.25) is 4.79 Å². The first-order chi connectivity index (χ1) is 11.1. The third-order valence-electron chi connectivity index (χ3n) is 5.20. The van der Waals surface area contributed by atoms with Crippen molar-refractivity contribution in [1.29, 1.82) is 0 Å². The Morgan fingerprint density at radius 2 is 1.74 bits per heavy atom. The number of likely N-dealkylation sites (tertiary alicyclic amines) is 1. The summed E-state index contributed by atoms with van der Waals surface area (Å²) in [6, 6.07) is 6.06. The summed E-state index contributed by atoms with van der Waals surface area (Å²) in [6.07, 6.45) is 2.88. The molecule has 2 saturated heterocycles. The van der Waals surface area contributed by atoms with Gasteiger partial charge in [-0.2, -0.15) is 0 Å². The molecular weight excluding hydrogens is 295 g/mol. The zero-order valence-electron chi connectivity index (χ0n) is 13.4. The van der Waals surface area contributed by atoms with Gasteiger partial charge in [0.15, 0.2) is 0 Å². The molecule has 3 rings (SSSR count). The van der Waals surface area contributed by atoms with Crippen LogP contribution in [0.3, 0.4) is 0 Å². The summed E-state index contributed by atoms with van der Waals surface area (Å²) >= 11 is 0. The largest absolute Gasteiger partial charge is 0.388 e. The van der Waals surface area contributed by atoms with E-state index in [9.17, 15) is 14.3 Å². The van der Waals surface area contributed by atoms with E-state index in [1.54, 1.807) is 12.1 Å². The predicted octanol–water partition coefficient (Wildman–Crippen LogP) is 2.10. The van der Waals surface area contributed by atoms with Crippen LogP contribution in [0.5, 0.6) is 0 Å².